The highest BCUT2D eigenvalue weighted by Gasteiger charge is 2.23. The van der Waals surface area contributed by atoms with Crippen molar-refractivity contribution in [1.29, 1.82) is 0 Å². The summed E-state index contributed by atoms with van der Waals surface area (Å²) in [4.78, 5) is 23.2. The van der Waals surface area contributed by atoms with E-state index in [4.69, 9.17) is 4.74 Å². The van der Waals surface area contributed by atoms with E-state index in [1.807, 2.05) is 0 Å². The van der Waals surface area contributed by atoms with E-state index in [0.717, 1.165) is 28.6 Å². The van der Waals surface area contributed by atoms with Gasteiger partial charge in [-0.2, -0.15) is 0 Å². The maximum absolute atomic E-state index is 11.9. The number of rotatable bonds is 6. The molecule has 0 aromatic carbocycles. The molecule has 23 heavy (non-hydrogen) atoms. The number of carbonyl (C=O) groups is 1. The van der Waals surface area contributed by atoms with Crippen molar-refractivity contribution in [3.8, 4) is 0 Å². The van der Waals surface area contributed by atoms with E-state index in [1.165, 1.54) is 34.0 Å². The van der Waals surface area contributed by atoms with Crippen LogP contribution in [0.4, 0.5) is 0 Å². The lowest BCUT2D eigenvalue weighted by molar-refractivity contribution is -0.118. The van der Waals surface area contributed by atoms with Crippen molar-refractivity contribution in [2.75, 3.05) is 26.0 Å². The van der Waals surface area contributed by atoms with Gasteiger partial charge < -0.3 is 10.1 Å². The maximum Gasteiger partial charge on any atom is 0.230 e. The third kappa shape index (κ3) is 3.84. The first-order chi connectivity index (χ1) is 11.2. The van der Waals surface area contributed by atoms with Crippen LogP contribution in [0.1, 0.15) is 23.8 Å². The number of methoxy groups -OCH3 is 1. The van der Waals surface area contributed by atoms with Crippen LogP contribution in [0.15, 0.2) is 11.4 Å². The highest BCUT2D eigenvalue weighted by molar-refractivity contribution is 8.00. The van der Waals surface area contributed by atoms with Crippen LogP contribution in [0.3, 0.4) is 0 Å². The Morgan fingerprint density at radius 1 is 1.52 bits per heavy atom. The lowest BCUT2D eigenvalue weighted by atomic mass is 9.89. The number of ether oxygens (including phenoxy) is 1. The Hall–Kier alpha value is -1.18. The Balaban J connectivity index is 1.75. The van der Waals surface area contributed by atoms with Crippen molar-refractivity contribution in [2.45, 2.75) is 31.2 Å². The molecule has 1 atom stereocenters. The molecule has 2 heterocycles. The molecular formula is C16H21N3O2S2. The fraction of sp³-hybridized carbons (Fsp3) is 0.562. The van der Waals surface area contributed by atoms with Gasteiger partial charge in [0.15, 0.2) is 0 Å². The molecule has 0 fully saturated rings. The zero-order chi connectivity index (χ0) is 16.2. The summed E-state index contributed by atoms with van der Waals surface area (Å²) in [5.41, 5.74) is 1.41. The summed E-state index contributed by atoms with van der Waals surface area (Å²) >= 11 is 3.28. The molecule has 124 valence electrons. The second kappa shape index (κ2) is 7.59. The lowest BCUT2D eigenvalue weighted by Gasteiger charge is -2.18. The quantitative estimate of drug-likeness (QED) is 0.492. The van der Waals surface area contributed by atoms with Crippen molar-refractivity contribution in [1.82, 2.24) is 15.3 Å². The number of carbonyl (C=O) groups excluding carboxylic acids is 1. The molecule has 5 nitrogen and oxygen atoms in total. The van der Waals surface area contributed by atoms with Gasteiger partial charge in [-0.3, -0.25) is 4.79 Å². The first-order valence-electron chi connectivity index (χ1n) is 7.82. The molecule has 2 aromatic rings. The van der Waals surface area contributed by atoms with Gasteiger partial charge in [-0.05, 0) is 30.7 Å². The zero-order valence-electron chi connectivity index (χ0n) is 13.4. The third-order valence-corrected chi connectivity index (χ3v) is 6.18. The number of aryl methyl sites for hydroxylation is 1. The molecule has 0 unspecified atom stereocenters. The van der Waals surface area contributed by atoms with Crippen LogP contribution < -0.4 is 5.32 Å². The fourth-order valence-corrected chi connectivity index (χ4v) is 5.10. The van der Waals surface area contributed by atoms with Gasteiger partial charge in [0, 0.05) is 23.9 Å². The standard InChI is InChI=1S/C16H21N3O2S2/c1-10-3-4-11-12(7-10)23-16-14(11)15(18-9-19-16)22-8-13(20)17-5-6-21-2/h9-10H,3-8H2,1-2H3,(H,17,20)/t10-/m1/s1. The predicted octanol–water partition coefficient (Wildman–Crippen LogP) is 2.67. The Labute approximate surface area is 144 Å². The Morgan fingerprint density at radius 2 is 2.39 bits per heavy atom. The number of fused-ring (bicyclic) bond motifs is 3. The molecule has 1 amide bonds. The Morgan fingerprint density at radius 3 is 3.22 bits per heavy atom. The molecule has 0 bridgehead atoms. The van der Waals surface area contributed by atoms with Crippen molar-refractivity contribution in [3.63, 3.8) is 0 Å². The molecule has 0 aliphatic heterocycles. The van der Waals surface area contributed by atoms with E-state index in [2.05, 4.69) is 22.2 Å². The summed E-state index contributed by atoms with van der Waals surface area (Å²) in [6.07, 6.45) is 5.06. The molecule has 0 saturated carbocycles. The van der Waals surface area contributed by atoms with Crippen molar-refractivity contribution < 1.29 is 9.53 Å². The predicted molar refractivity (Wildman–Crippen MR) is 94.2 cm³/mol. The van der Waals surface area contributed by atoms with Crippen LogP contribution in [0, 0.1) is 5.92 Å². The number of hydrogen-bond donors (Lipinski definition) is 1. The summed E-state index contributed by atoms with van der Waals surface area (Å²) in [6.45, 7) is 3.38. The summed E-state index contributed by atoms with van der Waals surface area (Å²) in [5, 5.41) is 4.95. The van der Waals surface area contributed by atoms with Crippen LogP contribution in [-0.4, -0.2) is 41.9 Å². The zero-order valence-corrected chi connectivity index (χ0v) is 15.1. The first kappa shape index (κ1) is 16.7. The largest absolute Gasteiger partial charge is 0.383 e. The average Bonchev–Trinajstić information content (AvgIpc) is 2.91. The first-order valence-corrected chi connectivity index (χ1v) is 9.63. The molecule has 0 radical (unpaired) electrons. The number of thiophene rings is 1. The molecule has 0 saturated heterocycles. The second-order valence-electron chi connectivity index (χ2n) is 5.84. The Kier molecular flexibility index (Phi) is 5.50. The molecule has 0 spiro atoms. The minimum atomic E-state index is 0.0107. The molecule has 1 N–H and O–H groups in total. The van der Waals surface area contributed by atoms with Crippen LogP contribution in [-0.2, 0) is 22.4 Å². The van der Waals surface area contributed by atoms with Crippen LogP contribution in [0.25, 0.3) is 10.2 Å². The molecular weight excluding hydrogens is 330 g/mol. The van der Waals surface area contributed by atoms with Crippen LogP contribution in [0.2, 0.25) is 0 Å². The number of amides is 1. The van der Waals surface area contributed by atoms with Gasteiger partial charge in [-0.1, -0.05) is 18.7 Å². The molecule has 3 rings (SSSR count). The topological polar surface area (TPSA) is 64.1 Å². The molecule has 1 aliphatic rings. The minimum absolute atomic E-state index is 0.0107. The summed E-state index contributed by atoms with van der Waals surface area (Å²) < 4.78 is 4.93. The highest BCUT2D eigenvalue weighted by atomic mass is 32.2. The Bertz CT molecular complexity index is 702. The lowest BCUT2D eigenvalue weighted by Crippen LogP contribution is -2.28. The normalized spacial score (nSPS) is 17.2. The maximum atomic E-state index is 11.9. The van der Waals surface area contributed by atoms with E-state index < -0.39 is 0 Å². The van der Waals surface area contributed by atoms with E-state index in [9.17, 15) is 4.79 Å². The van der Waals surface area contributed by atoms with Gasteiger partial charge >= 0.3 is 0 Å². The smallest absolute Gasteiger partial charge is 0.230 e. The average molecular weight is 351 g/mol. The van der Waals surface area contributed by atoms with Gasteiger partial charge in [0.2, 0.25) is 5.91 Å². The van der Waals surface area contributed by atoms with Gasteiger partial charge in [0.1, 0.15) is 16.2 Å². The molecule has 7 heteroatoms. The second-order valence-corrected chi connectivity index (χ2v) is 7.89. The fourth-order valence-electron chi connectivity index (χ4n) is 2.83. The van der Waals surface area contributed by atoms with Crippen LogP contribution >= 0.6 is 23.1 Å². The summed E-state index contributed by atoms with van der Waals surface area (Å²) in [6, 6.07) is 0. The number of thioether (sulfide) groups is 1. The van der Waals surface area contributed by atoms with Crippen molar-refractivity contribution >= 4 is 39.2 Å². The van der Waals surface area contributed by atoms with E-state index >= 15 is 0 Å². The monoisotopic (exact) mass is 351 g/mol. The SMILES string of the molecule is COCCNC(=O)CSc1ncnc2sc3c(c12)CC[C@@H](C)C3. The third-order valence-electron chi connectivity index (χ3n) is 4.03. The summed E-state index contributed by atoms with van der Waals surface area (Å²) in [5.74, 6) is 1.12. The highest BCUT2D eigenvalue weighted by Crippen LogP contribution is 2.40. The number of aromatic nitrogens is 2. The minimum Gasteiger partial charge on any atom is -0.383 e. The van der Waals surface area contributed by atoms with Gasteiger partial charge in [0.05, 0.1) is 12.4 Å². The number of nitrogens with one attached hydrogen (secondary N) is 1. The molecule has 2 aromatic heterocycles. The number of hydrogen-bond acceptors (Lipinski definition) is 6. The van der Waals surface area contributed by atoms with E-state index in [0.29, 0.717) is 18.9 Å². The van der Waals surface area contributed by atoms with E-state index in [1.54, 1.807) is 24.8 Å². The van der Waals surface area contributed by atoms with Gasteiger partial charge in [-0.25, -0.2) is 9.97 Å². The van der Waals surface area contributed by atoms with Gasteiger partial charge in [0.25, 0.3) is 0 Å². The number of nitrogens with zero attached hydrogens (tertiary/aromatic N) is 2. The van der Waals surface area contributed by atoms with Crippen molar-refractivity contribution in [2.24, 2.45) is 5.92 Å². The molecule has 1 aliphatic carbocycles. The van der Waals surface area contributed by atoms with Crippen LogP contribution in [0.5, 0.6) is 0 Å². The summed E-state index contributed by atoms with van der Waals surface area (Å²) in [7, 11) is 1.62. The van der Waals surface area contributed by atoms with Crippen molar-refractivity contribution in [3.05, 3.63) is 16.8 Å². The van der Waals surface area contributed by atoms with Gasteiger partial charge in [-0.15, -0.1) is 11.3 Å². The van der Waals surface area contributed by atoms with E-state index in [-0.39, 0.29) is 5.91 Å².